The smallest absolute Gasteiger partial charge is 0.305 e. The number of hydrogen-bond acceptors (Lipinski definition) is 2. The predicted molar refractivity (Wildman–Crippen MR) is 42.4 cm³/mol. The number of halogens is 2. The van der Waals surface area contributed by atoms with Crippen molar-refractivity contribution in [1.29, 1.82) is 0 Å². The minimum atomic E-state index is -0.948. The lowest BCUT2D eigenvalue weighted by molar-refractivity contribution is 0.511. The summed E-state index contributed by atoms with van der Waals surface area (Å²) in [4.78, 5) is 12.8. The van der Waals surface area contributed by atoms with Gasteiger partial charge in [-0.05, 0) is 6.07 Å². The molecule has 0 saturated carbocycles. The van der Waals surface area contributed by atoms with E-state index in [4.69, 9.17) is 0 Å². The molecule has 0 aliphatic heterocycles. The molecule has 62 valence electrons. The molecule has 0 bridgehead atoms. The molecule has 0 radical (unpaired) electrons. The molecule has 2 aromatic rings. The summed E-state index contributed by atoms with van der Waals surface area (Å²) in [6.45, 7) is 0. The van der Waals surface area contributed by atoms with E-state index in [0.717, 1.165) is 23.5 Å². The van der Waals surface area contributed by atoms with Crippen molar-refractivity contribution in [3.05, 3.63) is 33.4 Å². The summed E-state index contributed by atoms with van der Waals surface area (Å²) in [6.07, 6.45) is 0. The molecule has 0 unspecified atom stereocenters. The van der Waals surface area contributed by atoms with Gasteiger partial charge in [0.15, 0.2) is 11.6 Å². The van der Waals surface area contributed by atoms with Gasteiger partial charge in [-0.25, -0.2) is 8.78 Å². The van der Waals surface area contributed by atoms with E-state index in [1.165, 1.54) is 0 Å². The third-order valence-electron chi connectivity index (χ3n) is 1.46. The van der Waals surface area contributed by atoms with E-state index >= 15 is 0 Å². The molecule has 12 heavy (non-hydrogen) atoms. The number of rotatable bonds is 0. The highest BCUT2D eigenvalue weighted by Gasteiger charge is 2.05. The fraction of sp³-hybridized carbons (Fsp3) is 0. The van der Waals surface area contributed by atoms with Crippen molar-refractivity contribution in [3.63, 3.8) is 0 Å². The molecule has 1 aromatic carbocycles. The van der Waals surface area contributed by atoms with Crippen LogP contribution in [0.4, 0.5) is 8.78 Å². The SMILES string of the molecule is O=c1[nH]c2cc(F)c(F)cc2s1. The van der Waals surface area contributed by atoms with E-state index in [0.29, 0.717) is 10.2 Å². The first kappa shape index (κ1) is 7.42. The maximum Gasteiger partial charge on any atom is 0.305 e. The van der Waals surface area contributed by atoms with Gasteiger partial charge in [-0.1, -0.05) is 11.3 Å². The van der Waals surface area contributed by atoms with Gasteiger partial charge in [-0.15, -0.1) is 0 Å². The third kappa shape index (κ3) is 1.02. The van der Waals surface area contributed by atoms with Crippen molar-refractivity contribution in [2.45, 2.75) is 0 Å². The molecule has 0 aliphatic rings. The minimum absolute atomic E-state index is 0.310. The van der Waals surface area contributed by atoms with Gasteiger partial charge in [-0.2, -0.15) is 0 Å². The summed E-state index contributed by atoms with van der Waals surface area (Å²) in [7, 11) is 0. The average molecular weight is 187 g/mol. The monoisotopic (exact) mass is 187 g/mol. The van der Waals surface area contributed by atoms with E-state index in [1.54, 1.807) is 0 Å². The standard InChI is InChI=1S/C7H3F2NOS/c8-3-1-5-6(2-4(3)9)12-7(11)10-5/h1-2H,(H,10,11). The van der Waals surface area contributed by atoms with Crippen molar-refractivity contribution >= 4 is 21.6 Å². The average Bonchev–Trinajstić information content (AvgIpc) is 2.30. The minimum Gasteiger partial charge on any atom is -0.312 e. The van der Waals surface area contributed by atoms with Crippen LogP contribution in [0.2, 0.25) is 0 Å². The summed E-state index contributed by atoms with van der Waals surface area (Å²) in [5.74, 6) is -1.88. The van der Waals surface area contributed by atoms with Crippen molar-refractivity contribution in [3.8, 4) is 0 Å². The molecule has 0 fully saturated rings. The van der Waals surface area contributed by atoms with Crippen LogP contribution in [0.25, 0.3) is 10.2 Å². The maximum absolute atomic E-state index is 12.6. The van der Waals surface area contributed by atoms with Crippen molar-refractivity contribution < 1.29 is 8.78 Å². The number of fused-ring (bicyclic) bond motifs is 1. The quantitative estimate of drug-likeness (QED) is 0.671. The zero-order valence-electron chi connectivity index (χ0n) is 5.73. The number of benzene rings is 1. The second-order valence-electron chi connectivity index (χ2n) is 2.28. The van der Waals surface area contributed by atoms with Crippen molar-refractivity contribution in [2.24, 2.45) is 0 Å². The molecule has 0 amide bonds. The van der Waals surface area contributed by atoms with Gasteiger partial charge in [0.2, 0.25) is 0 Å². The van der Waals surface area contributed by atoms with Gasteiger partial charge in [0.1, 0.15) is 0 Å². The van der Waals surface area contributed by atoms with Gasteiger partial charge in [0.05, 0.1) is 10.2 Å². The Bertz CT molecular complexity index is 446. The lowest BCUT2D eigenvalue weighted by Crippen LogP contribution is -1.90. The van der Waals surface area contributed by atoms with Gasteiger partial charge < -0.3 is 4.98 Å². The maximum atomic E-state index is 12.6. The van der Waals surface area contributed by atoms with Crippen LogP contribution in [0, 0.1) is 11.6 Å². The molecule has 1 aromatic heterocycles. The van der Waals surface area contributed by atoms with Gasteiger partial charge in [-0.3, -0.25) is 4.79 Å². The number of H-pyrrole nitrogens is 1. The Morgan fingerprint density at radius 1 is 1.25 bits per heavy atom. The molecule has 0 spiro atoms. The van der Waals surface area contributed by atoms with Gasteiger partial charge in [0.25, 0.3) is 0 Å². The largest absolute Gasteiger partial charge is 0.312 e. The van der Waals surface area contributed by atoms with Crippen LogP contribution in [0.15, 0.2) is 16.9 Å². The number of hydrogen-bond donors (Lipinski definition) is 1. The van der Waals surface area contributed by atoms with Crippen LogP contribution >= 0.6 is 11.3 Å². The Hall–Kier alpha value is -1.23. The Labute approximate surface area is 69.5 Å². The molecule has 0 saturated heterocycles. The first-order valence-electron chi connectivity index (χ1n) is 3.15. The van der Waals surface area contributed by atoms with Crippen LogP contribution in [-0.4, -0.2) is 4.98 Å². The summed E-state index contributed by atoms with van der Waals surface area (Å²) >= 11 is 0.857. The topological polar surface area (TPSA) is 32.9 Å². The summed E-state index contributed by atoms with van der Waals surface area (Å²) in [5.41, 5.74) is 0.337. The lowest BCUT2D eigenvalue weighted by atomic mass is 10.3. The number of thiazole rings is 1. The molecule has 2 rings (SSSR count). The molecule has 5 heteroatoms. The number of aromatic amines is 1. The summed E-state index contributed by atoms with van der Waals surface area (Å²) in [6, 6.07) is 1.98. The van der Waals surface area contributed by atoms with Crippen molar-refractivity contribution in [1.82, 2.24) is 4.98 Å². The summed E-state index contributed by atoms with van der Waals surface area (Å²) < 4.78 is 25.6. The first-order chi connectivity index (χ1) is 5.66. The second kappa shape index (κ2) is 2.38. The van der Waals surface area contributed by atoms with Crippen molar-refractivity contribution in [2.75, 3.05) is 0 Å². The Morgan fingerprint density at radius 2 is 1.92 bits per heavy atom. The van der Waals surface area contributed by atoms with Crippen LogP contribution in [0.1, 0.15) is 0 Å². The van der Waals surface area contributed by atoms with E-state index in [-0.39, 0.29) is 4.87 Å². The highest BCUT2D eigenvalue weighted by Crippen LogP contribution is 2.17. The fourth-order valence-corrected chi connectivity index (χ4v) is 1.69. The molecule has 1 heterocycles. The van der Waals surface area contributed by atoms with Gasteiger partial charge in [0, 0.05) is 6.07 Å². The predicted octanol–water partition coefficient (Wildman–Crippen LogP) is 1.87. The zero-order chi connectivity index (χ0) is 8.72. The summed E-state index contributed by atoms with van der Waals surface area (Å²) in [5, 5.41) is 0. The number of aromatic nitrogens is 1. The van der Waals surface area contributed by atoms with Crippen LogP contribution in [-0.2, 0) is 0 Å². The Kier molecular flexibility index (Phi) is 1.47. The highest BCUT2D eigenvalue weighted by molar-refractivity contribution is 7.16. The molecule has 0 atom stereocenters. The molecular formula is C7H3F2NOS. The molecule has 1 N–H and O–H groups in total. The molecule has 2 nitrogen and oxygen atoms in total. The number of nitrogens with one attached hydrogen (secondary N) is 1. The zero-order valence-corrected chi connectivity index (χ0v) is 6.54. The Morgan fingerprint density at radius 3 is 2.67 bits per heavy atom. The highest BCUT2D eigenvalue weighted by atomic mass is 32.1. The third-order valence-corrected chi connectivity index (χ3v) is 2.31. The van der Waals surface area contributed by atoms with E-state index < -0.39 is 11.6 Å². The Balaban J connectivity index is 2.92. The van der Waals surface area contributed by atoms with E-state index in [1.807, 2.05) is 0 Å². The van der Waals surface area contributed by atoms with E-state index in [9.17, 15) is 13.6 Å². The molecular weight excluding hydrogens is 184 g/mol. The normalized spacial score (nSPS) is 10.8. The van der Waals surface area contributed by atoms with E-state index in [2.05, 4.69) is 4.98 Å². The second-order valence-corrected chi connectivity index (χ2v) is 3.29. The van der Waals surface area contributed by atoms with Gasteiger partial charge >= 0.3 is 4.87 Å². The van der Waals surface area contributed by atoms with Crippen LogP contribution in [0.3, 0.4) is 0 Å². The van der Waals surface area contributed by atoms with Crippen LogP contribution in [0.5, 0.6) is 0 Å². The first-order valence-corrected chi connectivity index (χ1v) is 3.96. The lowest BCUT2D eigenvalue weighted by Gasteiger charge is -1.90. The van der Waals surface area contributed by atoms with Crippen LogP contribution < -0.4 is 4.87 Å². The fourth-order valence-electron chi connectivity index (χ4n) is 0.946. The molecule has 0 aliphatic carbocycles.